The van der Waals surface area contributed by atoms with Crippen molar-refractivity contribution in [3.8, 4) is 0 Å². The van der Waals surface area contributed by atoms with E-state index in [0.717, 1.165) is 13.8 Å². The first-order valence-electron chi connectivity index (χ1n) is 4.26. The SMILES string of the molecule is CC(C)C(=O)C(/[N+]([O-])=N/[O-])(/[N+]([O-])=N/[O-])/[N+]([O-])=N/[O-].[CH3+].[CH3+].[CH3+]. The van der Waals surface area contributed by atoms with Crippen molar-refractivity contribution in [1.82, 2.24) is 0 Å². The van der Waals surface area contributed by atoms with Crippen LogP contribution in [-0.2, 0) is 4.79 Å². The number of Topliss-reactive ketones (excluding diaryl/α,β-unsaturated/α-hetero) is 1. The van der Waals surface area contributed by atoms with Crippen LogP contribution in [0.15, 0.2) is 15.8 Å². The second-order valence-electron chi connectivity index (χ2n) is 3.22. The maximum absolute atomic E-state index is 11.6. The predicted molar refractivity (Wildman–Crippen MR) is 70.1 cm³/mol. The van der Waals surface area contributed by atoms with Crippen molar-refractivity contribution < 1.29 is 19.4 Å². The lowest BCUT2D eigenvalue weighted by Gasteiger charge is -2.21. The van der Waals surface area contributed by atoms with Crippen molar-refractivity contribution in [2.75, 3.05) is 0 Å². The molecule has 0 aromatic heterocycles. The Morgan fingerprint density at radius 3 is 1.24 bits per heavy atom. The summed E-state index contributed by atoms with van der Waals surface area (Å²) in [5.74, 6) is -6.47. The fourth-order valence-corrected chi connectivity index (χ4v) is 1.06. The molecule has 0 atom stereocenters. The molecule has 0 N–H and O–H groups in total. The van der Waals surface area contributed by atoms with Gasteiger partial charge in [-0.3, -0.25) is 4.79 Å². The van der Waals surface area contributed by atoms with E-state index in [4.69, 9.17) is 0 Å². The molecular formula is C8H16N6O7. The average molecular weight is 308 g/mol. The molecule has 13 heteroatoms. The number of rotatable bonds is 5. The number of hydrogen-bond donors (Lipinski definition) is 0. The fourth-order valence-electron chi connectivity index (χ4n) is 1.06. The van der Waals surface area contributed by atoms with Crippen LogP contribution in [0.25, 0.3) is 0 Å². The van der Waals surface area contributed by atoms with Gasteiger partial charge in [0.25, 0.3) is 0 Å². The maximum Gasteiger partial charge on any atom is 0.705 e. The van der Waals surface area contributed by atoms with Crippen molar-refractivity contribution in [1.29, 1.82) is 0 Å². The van der Waals surface area contributed by atoms with Gasteiger partial charge < -0.3 is 31.2 Å². The standard InChI is InChI=1S/C5H10N6O7.3CH3/c1-3(2)4(12)5(9(16)6-13,10(17)7-14)11(18)8-15;;;/h3,13-15H,1-2H3;3*1H3/q;3*+1/p-3/b9-6-,10-7-,11-8-;;;. The van der Waals surface area contributed by atoms with Gasteiger partial charge in [-0.2, -0.15) is 0 Å². The summed E-state index contributed by atoms with van der Waals surface area (Å²) in [6, 6.07) is 0. The van der Waals surface area contributed by atoms with Gasteiger partial charge in [-0.15, -0.1) is 0 Å². The van der Waals surface area contributed by atoms with E-state index < -0.39 is 32.1 Å². The van der Waals surface area contributed by atoms with Crippen LogP contribution in [0, 0.1) is 59.4 Å². The molecule has 0 aromatic carbocycles. The third-order valence-corrected chi connectivity index (χ3v) is 1.88. The van der Waals surface area contributed by atoms with Crippen LogP contribution in [0.4, 0.5) is 0 Å². The lowest BCUT2D eigenvalue weighted by Crippen LogP contribution is -2.61. The van der Waals surface area contributed by atoms with E-state index >= 15 is 0 Å². The molecule has 120 valence electrons. The number of hydroxylamine groups is 3. The molecule has 0 saturated carbocycles. The summed E-state index contributed by atoms with van der Waals surface area (Å²) in [7, 11) is 0. The van der Waals surface area contributed by atoms with Crippen molar-refractivity contribution in [3.63, 3.8) is 0 Å². The number of ketones is 1. The van der Waals surface area contributed by atoms with Gasteiger partial charge in [0.15, 0.2) is 0 Å². The molecule has 0 aliphatic carbocycles. The monoisotopic (exact) mass is 308 g/mol. The van der Waals surface area contributed by atoms with Crippen LogP contribution in [0.5, 0.6) is 0 Å². The molecule has 0 unspecified atom stereocenters. The topological polar surface area (TPSA) is 202 Å². The summed E-state index contributed by atoms with van der Waals surface area (Å²) in [6.45, 7) is 2.26. The van der Waals surface area contributed by atoms with Crippen LogP contribution in [0.1, 0.15) is 13.8 Å². The second kappa shape index (κ2) is 9.76. The van der Waals surface area contributed by atoms with E-state index in [9.17, 15) is 36.0 Å². The van der Waals surface area contributed by atoms with Gasteiger partial charge in [-0.25, -0.2) is 0 Å². The van der Waals surface area contributed by atoms with Crippen molar-refractivity contribution in [3.05, 3.63) is 53.5 Å². The van der Waals surface area contributed by atoms with Crippen LogP contribution in [-0.4, -0.2) is 26.2 Å². The van der Waals surface area contributed by atoms with E-state index in [-0.39, 0.29) is 22.3 Å². The van der Waals surface area contributed by atoms with Crippen molar-refractivity contribution in [2.24, 2.45) is 21.8 Å². The third-order valence-electron chi connectivity index (χ3n) is 1.88. The summed E-state index contributed by atoms with van der Waals surface area (Å²) in [5, 5.41) is 68.6. The van der Waals surface area contributed by atoms with Gasteiger partial charge in [-0.1, -0.05) is 13.8 Å². The third kappa shape index (κ3) is 3.92. The lowest BCUT2D eigenvalue weighted by molar-refractivity contribution is -0.979. The molecule has 0 aliphatic heterocycles. The second-order valence-corrected chi connectivity index (χ2v) is 3.22. The molecule has 0 aliphatic rings. The molecule has 0 fully saturated rings. The van der Waals surface area contributed by atoms with Crippen LogP contribution < -0.4 is 0 Å². The predicted octanol–water partition coefficient (Wildman–Crippen LogP) is 1.60. The highest BCUT2D eigenvalue weighted by Crippen LogP contribution is 2.21. The number of hydrogen-bond acceptors (Lipinski definition) is 10. The first kappa shape index (κ1) is 26.4. The van der Waals surface area contributed by atoms with E-state index in [1.807, 2.05) is 0 Å². The van der Waals surface area contributed by atoms with E-state index in [1.54, 1.807) is 15.8 Å². The van der Waals surface area contributed by atoms with Gasteiger partial charge >= 0.3 is 11.6 Å². The Balaban J connectivity index is -0.000000482. The first-order valence-corrected chi connectivity index (χ1v) is 4.26. The molecule has 0 saturated heterocycles. The maximum atomic E-state index is 11.6. The van der Waals surface area contributed by atoms with Crippen molar-refractivity contribution >= 4 is 5.78 Å². The molecule has 0 aromatic rings. The number of nitrogens with zero attached hydrogens (tertiary/aromatic N) is 6. The van der Waals surface area contributed by atoms with Gasteiger partial charge in [0.2, 0.25) is 0 Å². The average Bonchev–Trinajstić information content (AvgIpc) is 2.37. The number of carbonyl (C=O) groups excluding carboxylic acids is 1. The molecule has 21 heavy (non-hydrogen) atoms. The van der Waals surface area contributed by atoms with Crippen LogP contribution >= 0.6 is 0 Å². The van der Waals surface area contributed by atoms with Crippen molar-refractivity contribution in [2.45, 2.75) is 19.6 Å². The quantitative estimate of drug-likeness (QED) is 0.241. The molecule has 13 nitrogen and oxygen atoms in total. The Bertz CT molecular complexity index is 374. The highest BCUT2D eigenvalue weighted by molar-refractivity contribution is 5.85. The Morgan fingerprint density at radius 2 is 1.10 bits per heavy atom. The van der Waals surface area contributed by atoms with Gasteiger partial charge in [0.1, 0.15) is 0 Å². The Kier molecular flexibility index (Phi) is 12.3. The minimum atomic E-state index is -3.74. The summed E-state index contributed by atoms with van der Waals surface area (Å²) < 4.78 is 0. The molecule has 0 heterocycles. The zero-order chi connectivity index (χ0) is 14.5. The Morgan fingerprint density at radius 1 is 0.857 bits per heavy atom. The normalized spacial score (nSPS) is 12.8. The molecule has 0 spiro atoms. The highest BCUT2D eigenvalue weighted by Gasteiger charge is 2.71. The zero-order valence-corrected chi connectivity index (χ0v) is 12.1. The summed E-state index contributed by atoms with van der Waals surface area (Å²) in [4.78, 5) is 7.89. The summed E-state index contributed by atoms with van der Waals surface area (Å²) in [6.07, 6.45) is 0. The highest BCUT2D eigenvalue weighted by atomic mass is 16.7. The molecule has 0 radical (unpaired) electrons. The molecule has 0 bridgehead atoms. The fraction of sp³-hybridized carbons (Fsp3) is 0.500. The largest absolute Gasteiger partial charge is 0.739 e. The first-order chi connectivity index (χ1) is 8.30. The Labute approximate surface area is 121 Å². The van der Waals surface area contributed by atoms with Gasteiger partial charge in [0.05, 0.1) is 14.6 Å². The minimum Gasteiger partial charge on any atom is -0.739 e. The smallest absolute Gasteiger partial charge is 0.705 e. The number of carbonyl (C=O) groups is 1. The lowest BCUT2D eigenvalue weighted by atomic mass is 10.0. The van der Waals surface area contributed by atoms with Gasteiger partial charge in [0, 0.05) is 28.2 Å². The van der Waals surface area contributed by atoms with E-state index in [1.165, 1.54) is 0 Å². The molecular weight excluding hydrogens is 292 g/mol. The van der Waals surface area contributed by atoms with E-state index in [2.05, 4.69) is 0 Å². The van der Waals surface area contributed by atoms with Crippen LogP contribution in [0.3, 0.4) is 0 Å². The van der Waals surface area contributed by atoms with Gasteiger partial charge in [-0.05, 0) is 15.8 Å². The summed E-state index contributed by atoms with van der Waals surface area (Å²) in [5.41, 5.74) is 0. The Hall–Kier alpha value is -3.12. The summed E-state index contributed by atoms with van der Waals surface area (Å²) >= 11 is 0. The minimum absolute atomic E-state index is 0. The van der Waals surface area contributed by atoms with E-state index in [0.29, 0.717) is 0 Å². The molecule has 0 rings (SSSR count). The molecule has 0 amide bonds. The zero-order valence-electron chi connectivity index (χ0n) is 12.1. The van der Waals surface area contributed by atoms with Crippen LogP contribution in [0.2, 0.25) is 0 Å².